The number of fused-ring (bicyclic) bond motifs is 1. The normalized spacial score (nSPS) is 20.7. The maximum absolute atomic E-state index is 12.5. The third-order valence-corrected chi connectivity index (χ3v) is 4.79. The van der Waals surface area contributed by atoms with E-state index in [2.05, 4.69) is 5.32 Å². The van der Waals surface area contributed by atoms with Crippen LogP contribution in [0.1, 0.15) is 39.5 Å². The largest absolute Gasteiger partial charge is 0.490 e. The van der Waals surface area contributed by atoms with E-state index >= 15 is 0 Å². The first-order valence-corrected chi connectivity index (χ1v) is 8.24. The molecule has 1 saturated carbocycles. The number of rotatable bonds is 2. The first-order chi connectivity index (χ1) is 10.9. The van der Waals surface area contributed by atoms with Crippen molar-refractivity contribution in [2.75, 3.05) is 23.9 Å². The van der Waals surface area contributed by atoms with Crippen molar-refractivity contribution >= 4 is 23.2 Å². The zero-order chi connectivity index (χ0) is 16.6. The summed E-state index contributed by atoms with van der Waals surface area (Å²) in [5.74, 6) is 0.871. The highest BCUT2D eigenvalue weighted by atomic mass is 16.5. The topological polar surface area (TPSA) is 58.6 Å². The van der Waals surface area contributed by atoms with Gasteiger partial charge in [0.1, 0.15) is 12.4 Å². The van der Waals surface area contributed by atoms with Crippen molar-refractivity contribution in [3.8, 4) is 5.75 Å². The van der Waals surface area contributed by atoms with Crippen LogP contribution in [0.2, 0.25) is 0 Å². The molecule has 23 heavy (non-hydrogen) atoms. The summed E-state index contributed by atoms with van der Waals surface area (Å²) in [5.41, 5.74) is 0.842. The lowest BCUT2D eigenvalue weighted by Gasteiger charge is -2.24. The number of amides is 2. The summed E-state index contributed by atoms with van der Waals surface area (Å²) in [6.45, 7) is 4.10. The number of carbonyl (C=O) groups excluding carboxylic acids is 2. The molecule has 1 N–H and O–H groups in total. The molecule has 3 rings (SSSR count). The number of hydrogen-bond acceptors (Lipinski definition) is 3. The summed E-state index contributed by atoms with van der Waals surface area (Å²) in [6, 6.07) is 5.48. The Kier molecular flexibility index (Phi) is 4.04. The molecule has 1 aromatic carbocycles. The quantitative estimate of drug-likeness (QED) is 0.911. The third-order valence-electron chi connectivity index (χ3n) is 4.79. The summed E-state index contributed by atoms with van der Waals surface area (Å²) < 4.78 is 5.79. The average Bonchev–Trinajstić information content (AvgIpc) is 3.04. The highest BCUT2D eigenvalue weighted by molar-refractivity contribution is 6.00. The van der Waals surface area contributed by atoms with Crippen LogP contribution in [0, 0.1) is 11.3 Å². The van der Waals surface area contributed by atoms with E-state index < -0.39 is 5.41 Å². The Balaban J connectivity index is 1.83. The second-order valence-corrected chi connectivity index (χ2v) is 7.19. The Hall–Kier alpha value is -2.04. The fourth-order valence-corrected chi connectivity index (χ4v) is 3.29. The molecule has 1 aliphatic heterocycles. The monoisotopic (exact) mass is 316 g/mol. The lowest BCUT2D eigenvalue weighted by atomic mass is 9.93. The van der Waals surface area contributed by atoms with Gasteiger partial charge in [-0.15, -0.1) is 0 Å². The number of carbonyl (C=O) groups is 2. The zero-order valence-electron chi connectivity index (χ0n) is 14.0. The number of anilines is 2. The van der Waals surface area contributed by atoms with Gasteiger partial charge in [-0.3, -0.25) is 9.59 Å². The van der Waals surface area contributed by atoms with Crippen LogP contribution in [0.15, 0.2) is 18.2 Å². The molecule has 0 saturated heterocycles. The maximum atomic E-state index is 12.5. The van der Waals surface area contributed by atoms with Crippen LogP contribution in [-0.4, -0.2) is 25.5 Å². The molecule has 0 spiro atoms. The van der Waals surface area contributed by atoms with E-state index in [4.69, 9.17) is 4.74 Å². The summed E-state index contributed by atoms with van der Waals surface area (Å²) in [7, 11) is 1.75. The van der Waals surface area contributed by atoms with E-state index in [0.29, 0.717) is 23.7 Å². The molecule has 1 aliphatic carbocycles. The van der Waals surface area contributed by atoms with Gasteiger partial charge in [-0.1, -0.05) is 12.8 Å². The van der Waals surface area contributed by atoms with Gasteiger partial charge in [-0.05, 0) is 44.9 Å². The summed E-state index contributed by atoms with van der Waals surface area (Å²) >= 11 is 0. The van der Waals surface area contributed by atoms with Crippen LogP contribution in [-0.2, 0) is 9.59 Å². The van der Waals surface area contributed by atoms with E-state index in [0.717, 1.165) is 25.7 Å². The van der Waals surface area contributed by atoms with Crippen molar-refractivity contribution < 1.29 is 14.3 Å². The molecular weight excluding hydrogens is 292 g/mol. The van der Waals surface area contributed by atoms with E-state index in [1.165, 1.54) is 0 Å². The van der Waals surface area contributed by atoms with Gasteiger partial charge in [0.25, 0.3) is 0 Å². The van der Waals surface area contributed by atoms with Gasteiger partial charge in [-0.25, -0.2) is 0 Å². The van der Waals surface area contributed by atoms with Crippen LogP contribution in [0.5, 0.6) is 5.75 Å². The minimum Gasteiger partial charge on any atom is -0.490 e. The Morgan fingerprint density at radius 2 is 2.00 bits per heavy atom. The molecule has 0 atom stereocenters. The number of hydrogen-bond donors (Lipinski definition) is 1. The third kappa shape index (κ3) is 3.05. The summed E-state index contributed by atoms with van der Waals surface area (Å²) in [5, 5.41) is 2.98. The highest BCUT2D eigenvalue weighted by Gasteiger charge is 2.36. The van der Waals surface area contributed by atoms with Crippen molar-refractivity contribution in [3.05, 3.63) is 18.2 Å². The highest BCUT2D eigenvalue weighted by Crippen LogP contribution is 2.37. The van der Waals surface area contributed by atoms with Gasteiger partial charge >= 0.3 is 0 Å². The molecule has 0 bridgehead atoms. The maximum Gasteiger partial charge on any atom is 0.235 e. The van der Waals surface area contributed by atoms with Crippen LogP contribution < -0.4 is 15.0 Å². The van der Waals surface area contributed by atoms with Gasteiger partial charge in [0.2, 0.25) is 11.8 Å². The minimum absolute atomic E-state index is 0.00974. The molecule has 1 heterocycles. The molecule has 2 amide bonds. The van der Waals surface area contributed by atoms with Gasteiger partial charge in [0, 0.05) is 18.7 Å². The fraction of sp³-hybridized carbons (Fsp3) is 0.556. The van der Waals surface area contributed by atoms with Crippen molar-refractivity contribution in [2.45, 2.75) is 39.5 Å². The second kappa shape index (κ2) is 5.87. The molecule has 5 nitrogen and oxygen atoms in total. The number of ether oxygens (including phenoxy) is 1. The average molecular weight is 316 g/mol. The van der Waals surface area contributed by atoms with Gasteiger partial charge < -0.3 is 15.0 Å². The molecule has 5 heteroatoms. The van der Waals surface area contributed by atoms with Gasteiger partial charge in [0.15, 0.2) is 0 Å². The predicted molar refractivity (Wildman–Crippen MR) is 89.7 cm³/mol. The zero-order valence-corrected chi connectivity index (χ0v) is 14.0. The summed E-state index contributed by atoms with van der Waals surface area (Å²) in [4.78, 5) is 26.4. The SMILES string of the molecule is CN1C(=O)C(C)(C)COc2ccc(NC(=O)C3CCCC3)cc21. The Labute approximate surface area is 137 Å². The van der Waals surface area contributed by atoms with E-state index in [-0.39, 0.29) is 17.7 Å². The molecule has 0 radical (unpaired) electrons. The molecule has 0 aromatic heterocycles. The fourth-order valence-electron chi connectivity index (χ4n) is 3.29. The molecule has 124 valence electrons. The lowest BCUT2D eigenvalue weighted by Crippen LogP contribution is -2.39. The van der Waals surface area contributed by atoms with E-state index in [1.807, 2.05) is 32.0 Å². The van der Waals surface area contributed by atoms with Crippen LogP contribution >= 0.6 is 0 Å². The standard InChI is InChI=1S/C18H24N2O3/c1-18(2)11-23-15-9-8-13(10-14(15)20(3)17(18)22)19-16(21)12-6-4-5-7-12/h8-10,12H,4-7,11H2,1-3H3,(H,19,21). The molecule has 2 aliphatic rings. The van der Waals surface area contributed by atoms with Crippen LogP contribution in [0.3, 0.4) is 0 Å². The minimum atomic E-state index is -0.568. The summed E-state index contributed by atoms with van der Waals surface area (Å²) in [6.07, 6.45) is 4.18. The first kappa shape index (κ1) is 15.8. The second-order valence-electron chi connectivity index (χ2n) is 7.19. The number of nitrogens with zero attached hydrogens (tertiary/aromatic N) is 1. The molecular formula is C18H24N2O3. The molecule has 0 unspecified atom stereocenters. The van der Waals surface area contributed by atoms with Crippen LogP contribution in [0.25, 0.3) is 0 Å². The van der Waals surface area contributed by atoms with Gasteiger partial charge in [0.05, 0.1) is 11.1 Å². The Morgan fingerprint density at radius 3 is 2.70 bits per heavy atom. The van der Waals surface area contributed by atoms with Crippen molar-refractivity contribution in [2.24, 2.45) is 11.3 Å². The lowest BCUT2D eigenvalue weighted by molar-refractivity contribution is -0.127. The van der Waals surface area contributed by atoms with E-state index in [1.54, 1.807) is 11.9 Å². The number of nitrogens with one attached hydrogen (secondary N) is 1. The number of benzene rings is 1. The van der Waals surface area contributed by atoms with Crippen LogP contribution in [0.4, 0.5) is 11.4 Å². The van der Waals surface area contributed by atoms with E-state index in [9.17, 15) is 9.59 Å². The Bertz CT molecular complexity index is 633. The molecule has 1 aromatic rings. The first-order valence-electron chi connectivity index (χ1n) is 8.24. The molecule has 1 fully saturated rings. The van der Waals surface area contributed by atoms with Crippen molar-refractivity contribution in [1.29, 1.82) is 0 Å². The predicted octanol–water partition coefficient (Wildman–Crippen LogP) is 3.20. The van der Waals surface area contributed by atoms with Crippen molar-refractivity contribution in [1.82, 2.24) is 0 Å². The van der Waals surface area contributed by atoms with Crippen molar-refractivity contribution in [3.63, 3.8) is 0 Å². The smallest absolute Gasteiger partial charge is 0.235 e. The Morgan fingerprint density at radius 1 is 1.30 bits per heavy atom. The van der Waals surface area contributed by atoms with Gasteiger partial charge in [-0.2, -0.15) is 0 Å².